The number of nitrogens with one attached hydrogen (secondary N) is 1. The lowest BCUT2D eigenvalue weighted by Crippen LogP contribution is -1.85. The van der Waals surface area contributed by atoms with E-state index in [4.69, 9.17) is 5.26 Å². The van der Waals surface area contributed by atoms with Crippen LogP contribution in [0.4, 0.5) is 0 Å². The van der Waals surface area contributed by atoms with Gasteiger partial charge in [0.2, 0.25) is 0 Å². The number of nitrogens with zero attached hydrogens (tertiary/aromatic N) is 2. The molecule has 4 aromatic rings. The molecule has 2 aromatic heterocycles. The van der Waals surface area contributed by atoms with E-state index in [1.807, 2.05) is 38.2 Å². The molecule has 0 fully saturated rings. The number of aryl methyl sites for hydroxylation is 2. The fraction of sp³-hybridized carbons (Fsp3) is 0.0909. The van der Waals surface area contributed by atoms with E-state index in [1.165, 1.54) is 0 Å². The number of H-pyrrole nitrogens is 1. The largest absolute Gasteiger partial charge is 0.354 e. The zero-order valence-electron chi connectivity index (χ0n) is 14.2. The topological polar surface area (TPSA) is 52.5 Å². The number of hydrogen-bond donors (Lipinski definition) is 1. The fourth-order valence-electron chi connectivity index (χ4n) is 3.19. The molecule has 0 unspecified atom stereocenters. The lowest BCUT2D eigenvalue weighted by atomic mass is 9.99. The number of hydrogen-bond acceptors (Lipinski definition) is 2. The molecule has 0 aliphatic heterocycles. The third kappa shape index (κ3) is 2.68. The van der Waals surface area contributed by atoms with Crippen molar-refractivity contribution in [1.29, 1.82) is 5.26 Å². The summed E-state index contributed by atoms with van der Waals surface area (Å²) in [5.74, 6) is 0. The van der Waals surface area contributed by atoms with Gasteiger partial charge in [0, 0.05) is 34.1 Å². The highest BCUT2D eigenvalue weighted by Gasteiger charge is 2.08. The van der Waals surface area contributed by atoms with Gasteiger partial charge in [-0.2, -0.15) is 5.26 Å². The summed E-state index contributed by atoms with van der Waals surface area (Å²) < 4.78 is 0. The number of benzene rings is 2. The molecule has 2 heterocycles. The van der Waals surface area contributed by atoms with E-state index in [1.54, 1.807) is 0 Å². The smallest absolute Gasteiger partial charge is 0.0994 e. The van der Waals surface area contributed by atoms with Crippen molar-refractivity contribution in [3.8, 4) is 28.5 Å². The first kappa shape index (κ1) is 15.2. The summed E-state index contributed by atoms with van der Waals surface area (Å²) in [4.78, 5) is 7.85. The van der Waals surface area contributed by atoms with Crippen LogP contribution in [0.15, 0.2) is 60.8 Å². The van der Waals surface area contributed by atoms with E-state index in [9.17, 15) is 0 Å². The highest BCUT2D eigenvalue weighted by molar-refractivity contribution is 5.90. The molecule has 0 radical (unpaired) electrons. The van der Waals surface area contributed by atoms with Crippen molar-refractivity contribution >= 4 is 10.9 Å². The van der Waals surface area contributed by atoms with Crippen LogP contribution < -0.4 is 0 Å². The molecule has 0 aliphatic carbocycles. The van der Waals surface area contributed by atoms with Crippen molar-refractivity contribution in [3.05, 3.63) is 77.6 Å². The molecule has 0 amide bonds. The van der Waals surface area contributed by atoms with E-state index in [0.29, 0.717) is 0 Å². The average Bonchev–Trinajstić information content (AvgIpc) is 3.05. The van der Waals surface area contributed by atoms with E-state index in [2.05, 4.69) is 52.4 Å². The van der Waals surface area contributed by atoms with E-state index >= 15 is 0 Å². The van der Waals surface area contributed by atoms with Crippen LogP contribution in [0.5, 0.6) is 0 Å². The van der Waals surface area contributed by atoms with Crippen LogP contribution in [0.2, 0.25) is 0 Å². The van der Waals surface area contributed by atoms with Gasteiger partial charge in [0.1, 0.15) is 0 Å². The molecule has 0 atom stereocenters. The molecule has 2 aromatic carbocycles. The maximum atomic E-state index is 9.10. The van der Waals surface area contributed by atoms with Crippen molar-refractivity contribution in [2.75, 3.05) is 0 Å². The summed E-state index contributed by atoms with van der Waals surface area (Å²) in [5.41, 5.74) is 8.31. The van der Waals surface area contributed by atoms with E-state index in [0.717, 1.165) is 50.1 Å². The van der Waals surface area contributed by atoms with Gasteiger partial charge in [0.15, 0.2) is 0 Å². The van der Waals surface area contributed by atoms with Crippen molar-refractivity contribution in [2.45, 2.75) is 13.8 Å². The van der Waals surface area contributed by atoms with Gasteiger partial charge in [0.25, 0.3) is 0 Å². The third-order valence-electron chi connectivity index (χ3n) is 4.60. The average molecular weight is 323 g/mol. The Morgan fingerprint density at radius 1 is 0.960 bits per heavy atom. The summed E-state index contributed by atoms with van der Waals surface area (Å²) >= 11 is 0. The van der Waals surface area contributed by atoms with Gasteiger partial charge in [-0.1, -0.05) is 18.2 Å². The summed E-state index contributed by atoms with van der Waals surface area (Å²) in [6.45, 7) is 3.99. The van der Waals surface area contributed by atoms with Crippen molar-refractivity contribution < 1.29 is 0 Å². The van der Waals surface area contributed by atoms with Crippen LogP contribution in [0.1, 0.15) is 16.8 Å². The Bertz CT molecular complexity index is 1130. The summed E-state index contributed by atoms with van der Waals surface area (Å²) in [7, 11) is 0. The third-order valence-corrected chi connectivity index (χ3v) is 4.60. The Kier molecular flexibility index (Phi) is 3.59. The fourth-order valence-corrected chi connectivity index (χ4v) is 3.19. The zero-order valence-corrected chi connectivity index (χ0v) is 14.2. The number of aromatic nitrogens is 2. The van der Waals surface area contributed by atoms with Crippen LogP contribution in [0, 0.1) is 25.2 Å². The second-order valence-electron chi connectivity index (χ2n) is 6.26. The Balaban J connectivity index is 1.80. The second-order valence-corrected chi connectivity index (χ2v) is 6.26. The first-order valence-corrected chi connectivity index (χ1v) is 8.21. The maximum absolute atomic E-state index is 9.10. The normalized spacial score (nSPS) is 10.8. The predicted octanol–water partition coefficient (Wildman–Crippen LogP) is 5.39. The van der Waals surface area contributed by atoms with Gasteiger partial charge >= 0.3 is 0 Å². The van der Waals surface area contributed by atoms with Crippen LogP contribution in [-0.4, -0.2) is 9.97 Å². The first-order chi connectivity index (χ1) is 12.2. The Labute approximate surface area is 146 Å². The molecular formula is C22H17N3. The van der Waals surface area contributed by atoms with Gasteiger partial charge in [-0.3, -0.25) is 4.98 Å². The molecule has 3 heteroatoms. The summed E-state index contributed by atoms with van der Waals surface area (Å²) in [5, 5.41) is 10.3. The number of nitriles is 1. The SMILES string of the molecule is Cc1cc(-c2ccc3[nH]c(-c4cccnc4C)cc3c2)ccc1C#N. The van der Waals surface area contributed by atoms with Crippen LogP contribution in [-0.2, 0) is 0 Å². The minimum absolute atomic E-state index is 0.723. The monoisotopic (exact) mass is 323 g/mol. The highest BCUT2D eigenvalue weighted by Crippen LogP contribution is 2.30. The van der Waals surface area contributed by atoms with Gasteiger partial charge < -0.3 is 4.98 Å². The standard InChI is InChI=1S/C22H17N3/c1-14-10-16(5-6-18(14)13-23)17-7-8-21-19(11-17)12-22(25-21)20-4-3-9-24-15(20)2/h3-12,25H,1-2H3. The Hall–Kier alpha value is -3.38. The molecule has 0 bridgehead atoms. The van der Waals surface area contributed by atoms with Gasteiger partial charge in [-0.05, 0) is 66.9 Å². The maximum Gasteiger partial charge on any atom is 0.0994 e. The molecule has 0 saturated heterocycles. The van der Waals surface area contributed by atoms with Crippen LogP contribution in [0.25, 0.3) is 33.3 Å². The lowest BCUT2D eigenvalue weighted by molar-refractivity contribution is 1.20. The summed E-state index contributed by atoms with van der Waals surface area (Å²) in [6, 6.07) is 20.8. The molecule has 25 heavy (non-hydrogen) atoms. The minimum atomic E-state index is 0.723. The van der Waals surface area contributed by atoms with Gasteiger partial charge in [-0.25, -0.2) is 0 Å². The Morgan fingerprint density at radius 2 is 1.76 bits per heavy atom. The van der Waals surface area contributed by atoms with Gasteiger partial charge in [-0.15, -0.1) is 0 Å². The molecule has 4 rings (SSSR count). The van der Waals surface area contributed by atoms with Gasteiger partial charge in [0.05, 0.1) is 11.6 Å². The van der Waals surface area contributed by atoms with Crippen molar-refractivity contribution in [3.63, 3.8) is 0 Å². The molecule has 120 valence electrons. The molecule has 0 saturated carbocycles. The van der Waals surface area contributed by atoms with Crippen molar-refractivity contribution in [1.82, 2.24) is 9.97 Å². The number of fused-ring (bicyclic) bond motifs is 1. The van der Waals surface area contributed by atoms with E-state index < -0.39 is 0 Å². The quantitative estimate of drug-likeness (QED) is 0.538. The predicted molar refractivity (Wildman–Crippen MR) is 101 cm³/mol. The van der Waals surface area contributed by atoms with Crippen LogP contribution >= 0.6 is 0 Å². The molecule has 0 spiro atoms. The summed E-state index contributed by atoms with van der Waals surface area (Å²) in [6.07, 6.45) is 1.81. The lowest BCUT2D eigenvalue weighted by Gasteiger charge is -2.04. The second kappa shape index (κ2) is 5.92. The zero-order chi connectivity index (χ0) is 17.4. The minimum Gasteiger partial charge on any atom is -0.354 e. The van der Waals surface area contributed by atoms with Crippen molar-refractivity contribution in [2.24, 2.45) is 0 Å². The molecule has 1 N–H and O–H groups in total. The number of aromatic amines is 1. The highest BCUT2D eigenvalue weighted by atomic mass is 14.7. The molecule has 0 aliphatic rings. The van der Waals surface area contributed by atoms with E-state index in [-0.39, 0.29) is 0 Å². The number of pyridine rings is 1. The molecular weight excluding hydrogens is 306 g/mol. The molecule has 3 nitrogen and oxygen atoms in total. The Morgan fingerprint density at radius 3 is 2.52 bits per heavy atom. The number of rotatable bonds is 2. The first-order valence-electron chi connectivity index (χ1n) is 8.21. The van der Waals surface area contributed by atoms with Crippen LogP contribution in [0.3, 0.4) is 0 Å².